The highest BCUT2D eigenvalue weighted by Gasteiger charge is 2.19. The fourth-order valence-electron chi connectivity index (χ4n) is 2.53. The van der Waals surface area contributed by atoms with E-state index in [4.69, 9.17) is 0 Å². The Bertz CT molecular complexity index is 427. The fourth-order valence-corrected chi connectivity index (χ4v) is 2.53. The van der Waals surface area contributed by atoms with Crippen LogP contribution in [0.15, 0.2) is 6.20 Å². The van der Waals surface area contributed by atoms with Crippen LogP contribution in [0.4, 0.5) is 0 Å². The topological polar surface area (TPSA) is 59.0 Å². The molecule has 0 spiro atoms. The fraction of sp³-hybridized carbons (Fsp3) is 0.692. The smallest absolute Gasteiger partial charge is 0.254 e. The molecule has 1 aromatic rings. The minimum atomic E-state index is -0.0272. The van der Waals surface area contributed by atoms with Gasteiger partial charge in [0.1, 0.15) is 0 Å². The van der Waals surface area contributed by atoms with Crippen molar-refractivity contribution in [3.63, 3.8) is 0 Å². The van der Waals surface area contributed by atoms with Crippen molar-refractivity contribution >= 4 is 5.91 Å². The van der Waals surface area contributed by atoms with Crippen molar-refractivity contribution < 1.29 is 4.79 Å². The number of nitrogens with zero attached hydrogens (tertiary/aromatic N) is 2. The maximum atomic E-state index is 12.0. The molecule has 2 unspecified atom stereocenters. The molecule has 0 aromatic carbocycles. The molecule has 5 heteroatoms. The van der Waals surface area contributed by atoms with E-state index in [2.05, 4.69) is 22.7 Å². The predicted molar refractivity (Wildman–Crippen MR) is 70.5 cm³/mol. The van der Waals surface area contributed by atoms with Gasteiger partial charge in [0, 0.05) is 31.9 Å². The molecule has 2 heterocycles. The van der Waals surface area contributed by atoms with E-state index in [-0.39, 0.29) is 5.91 Å². The van der Waals surface area contributed by atoms with Crippen LogP contribution < -0.4 is 10.6 Å². The van der Waals surface area contributed by atoms with Gasteiger partial charge in [-0.25, -0.2) is 0 Å². The molecule has 1 fully saturated rings. The first-order chi connectivity index (χ1) is 8.56. The molecule has 1 saturated heterocycles. The van der Waals surface area contributed by atoms with Gasteiger partial charge < -0.3 is 10.6 Å². The van der Waals surface area contributed by atoms with E-state index < -0.39 is 0 Å². The van der Waals surface area contributed by atoms with Crippen molar-refractivity contribution in [2.75, 3.05) is 6.54 Å². The SMILES string of the molecule is Cc1nn(C)cc1C(=O)NCC1CCCC(C)N1. The highest BCUT2D eigenvalue weighted by atomic mass is 16.1. The second kappa shape index (κ2) is 5.52. The van der Waals surface area contributed by atoms with Crippen LogP contribution in [0.5, 0.6) is 0 Å². The lowest BCUT2D eigenvalue weighted by Gasteiger charge is -2.28. The van der Waals surface area contributed by atoms with Gasteiger partial charge in [-0.3, -0.25) is 9.48 Å². The third-order valence-corrected chi connectivity index (χ3v) is 3.48. The number of nitrogens with one attached hydrogen (secondary N) is 2. The van der Waals surface area contributed by atoms with Gasteiger partial charge in [0.15, 0.2) is 0 Å². The summed E-state index contributed by atoms with van der Waals surface area (Å²) in [4.78, 5) is 12.0. The van der Waals surface area contributed by atoms with E-state index in [0.717, 1.165) is 12.1 Å². The monoisotopic (exact) mass is 250 g/mol. The zero-order chi connectivity index (χ0) is 13.1. The molecule has 1 aliphatic heterocycles. The van der Waals surface area contributed by atoms with Crippen LogP contribution >= 0.6 is 0 Å². The summed E-state index contributed by atoms with van der Waals surface area (Å²) >= 11 is 0. The Kier molecular flexibility index (Phi) is 4.01. The van der Waals surface area contributed by atoms with E-state index >= 15 is 0 Å². The lowest BCUT2D eigenvalue weighted by molar-refractivity contribution is 0.0945. The lowest BCUT2D eigenvalue weighted by Crippen LogP contribution is -2.47. The first-order valence-electron chi connectivity index (χ1n) is 6.60. The average molecular weight is 250 g/mol. The van der Waals surface area contributed by atoms with Gasteiger partial charge >= 0.3 is 0 Å². The highest BCUT2D eigenvalue weighted by molar-refractivity contribution is 5.95. The highest BCUT2D eigenvalue weighted by Crippen LogP contribution is 2.12. The Morgan fingerprint density at radius 1 is 1.61 bits per heavy atom. The van der Waals surface area contributed by atoms with E-state index in [1.54, 1.807) is 10.9 Å². The van der Waals surface area contributed by atoms with E-state index in [1.165, 1.54) is 12.8 Å². The van der Waals surface area contributed by atoms with Gasteiger partial charge in [-0.05, 0) is 26.7 Å². The first-order valence-corrected chi connectivity index (χ1v) is 6.60. The predicted octanol–water partition coefficient (Wildman–Crippen LogP) is 0.989. The van der Waals surface area contributed by atoms with Gasteiger partial charge in [-0.2, -0.15) is 5.10 Å². The van der Waals surface area contributed by atoms with Gasteiger partial charge in [0.2, 0.25) is 0 Å². The summed E-state index contributed by atoms with van der Waals surface area (Å²) in [7, 11) is 1.83. The Morgan fingerprint density at radius 2 is 2.39 bits per heavy atom. The number of carbonyl (C=O) groups is 1. The maximum Gasteiger partial charge on any atom is 0.254 e. The molecule has 0 radical (unpaired) electrons. The van der Waals surface area contributed by atoms with Crippen LogP contribution in [0.1, 0.15) is 42.2 Å². The number of hydrogen-bond acceptors (Lipinski definition) is 3. The normalized spacial score (nSPS) is 23.9. The van der Waals surface area contributed by atoms with E-state index in [0.29, 0.717) is 24.2 Å². The summed E-state index contributed by atoms with van der Waals surface area (Å²) in [6, 6.07) is 0.954. The molecule has 1 aromatic heterocycles. The minimum Gasteiger partial charge on any atom is -0.350 e. The Balaban J connectivity index is 1.86. The summed E-state index contributed by atoms with van der Waals surface area (Å²) in [5.74, 6) is -0.0272. The average Bonchev–Trinajstić information content (AvgIpc) is 2.66. The standard InChI is InChI=1S/C13H22N4O/c1-9-5-4-6-11(15-9)7-14-13(18)12-8-17(3)16-10(12)2/h8-9,11,15H,4-7H2,1-3H3,(H,14,18). The number of aromatic nitrogens is 2. The van der Waals surface area contributed by atoms with Crippen LogP contribution in [0, 0.1) is 6.92 Å². The van der Waals surface area contributed by atoms with Crippen LogP contribution in [-0.4, -0.2) is 34.3 Å². The largest absolute Gasteiger partial charge is 0.350 e. The van der Waals surface area contributed by atoms with Gasteiger partial charge in [-0.1, -0.05) is 6.42 Å². The number of carbonyl (C=O) groups excluding carboxylic acids is 1. The molecule has 2 N–H and O–H groups in total. The van der Waals surface area contributed by atoms with Gasteiger partial charge in [0.05, 0.1) is 11.3 Å². The zero-order valence-electron chi connectivity index (χ0n) is 11.4. The molecule has 1 amide bonds. The molecule has 1 aliphatic rings. The van der Waals surface area contributed by atoms with Crippen molar-refractivity contribution in [1.29, 1.82) is 0 Å². The number of piperidine rings is 1. The van der Waals surface area contributed by atoms with Crippen molar-refractivity contribution in [2.24, 2.45) is 7.05 Å². The van der Waals surface area contributed by atoms with Crippen LogP contribution in [0.25, 0.3) is 0 Å². The molecule has 2 atom stereocenters. The molecule has 100 valence electrons. The molecule has 0 bridgehead atoms. The van der Waals surface area contributed by atoms with Crippen molar-refractivity contribution in [1.82, 2.24) is 20.4 Å². The lowest BCUT2D eigenvalue weighted by atomic mass is 9.99. The number of hydrogen-bond donors (Lipinski definition) is 2. The van der Waals surface area contributed by atoms with Crippen molar-refractivity contribution in [3.05, 3.63) is 17.5 Å². The molecular weight excluding hydrogens is 228 g/mol. The van der Waals surface area contributed by atoms with Crippen LogP contribution in [-0.2, 0) is 7.05 Å². The summed E-state index contributed by atoms with van der Waals surface area (Å²) in [6.45, 7) is 4.74. The number of rotatable bonds is 3. The van der Waals surface area contributed by atoms with E-state index in [1.807, 2.05) is 14.0 Å². The minimum absolute atomic E-state index is 0.0272. The third kappa shape index (κ3) is 3.10. The summed E-state index contributed by atoms with van der Waals surface area (Å²) in [5.41, 5.74) is 1.45. The number of aryl methyl sites for hydroxylation is 2. The summed E-state index contributed by atoms with van der Waals surface area (Å²) in [6.07, 6.45) is 5.37. The molecule has 5 nitrogen and oxygen atoms in total. The Hall–Kier alpha value is -1.36. The quantitative estimate of drug-likeness (QED) is 0.841. The molecular formula is C13H22N4O. The first kappa shape index (κ1) is 13.1. The molecule has 2 rings (SSSR count). The molecule has 0 saturated carbocycles. The van der Waals surface area contributed by atoms with Crippen LogP contribution in [0.2, 0.25) is 0 Å². The summed E-state index contributed by atoms with van der Waals surface area (Å²) < 4.78 is 1.67. The van der Waals surface area contributed by atoms with Crippen LogP contribution in [0.3, 0.4) is 0 Å². The van der Waals surface area contributed by atoms with Crippen molar-refractivity contribution in [3.8, 4) is 0 Å². The maximum absolute atomic E-state index is 12.0. The van der Waals surface area contributed by atoms with E-state index in [9.17, 15) is 4.79 Å². The Labute approximate surface area is 108 Å². The Morgan fingerprint density at radius 3 is 3.00 bits per heavy atom. The molecule has 0 aliphatic carbocycles. The second-order valence-corrected chi connectivity index (χ2v) is 5.21. The van der Waals surface area contributed by atoms with Gasteiger partial charge in [0.25, 0.3) is 5.91 Å². The number of amides is 1. The van der Waals surface area contributed by atoms with Crippen molar-refractivity contribution in [2.45, 2.75) is 45.2 Å². The zero-order valence-corrected chi connectivity index (χ0v) is 11.4. The van der Waals surface area contributed by atoms with Gasteiger partial charge in [-0.15, -0.1) is 0 Å². The second-order valence-electron chi connectivity index (χ2n) is 5.21. The third-order valence-electron chi connectivity index (χ3n) is 3.48. The molecule has 18 heavy (non-hydrogen) atoms. The summed E-state index contributed by atoms with van der Waals surface area (Å²) in [5, 5.41) is 10.7.